The summed E-state index contributed by atoms with van der Waals surface area (Å²) in [4.78, 5) is 134. The minimum Gasteiger partial charge on any atom is -0.478 e. The summed E-state index contributed by atoms with van der Waals surface area (Å²) < 4.78 is 0. The van der Waals surface area contributed by atoms with Crippen LogP contribution >= 0.6 is 0 Å². The van der Waals surface area contributed by atoms with Crippen LogP contribution < -0.4 is 9.97 Å². The third kappa shape index (κ3) is 6.67. The van der Waals surface area contributed by atoms with Gasteiger partial charge in [-0.15, -0.1) is 0 Å². The van der Waals surface area contributed by atoms with Gasteiger partial charge in [0.05, 0.1) is 67.8 Å². The number of carbonyl (C=O) groups is 8. The van der Waals surface area contributed by atoms with Crippen LogP contribution in [-0.4, -0.2) is 119 Å². The number of aromatic carboxylic acids is 8. The molecule has 0 atom stereocenters. The smallest absolute Gasteiger partial charge is 0.478 e. The summed E-state index contributed by atoms with van der Waals surface area (Å²) in [6.07, 6.45) is 0. The van der Waals surface area contributed by atoms with Crippen LogP contribution in [0, 0.1) is 0 Å². The summed E-state index contributed by atoms with van der Waals surface area (Å²) in [5.41, 5.74) is -8.29. The Hall–Kier alpha value is -9.38. The molecule has 9 rings (SSSR count). The van der Waals surface area contributed by atoms with Crippen molar-refractivity contribution in [1.82, 2.24) is 39.9 Å². The quantitative estimate of drug-likeness (QED) is 0.101. The van der Waals surface area contributed by atoms with Crippen molar-refractivity contribution in [2.45, 2.75) is 0 Å². The van der Waals surface area contributed by atoms with Gasteiger partial charge in [-0.25, -0.2) is 48.3 Å². The Bertz CT molecular complexity index is 3210. The second kappa shape index (κ2) is 14.9. The van der Waals surface area contributed by atoms with Crippen molar-refractivity contribution in [3.8, 4) is 45.6 Å². The predicted octanol–water partition coefficient (Wildman–Crippen LogP) is 3.71. The third-order valence-corrected chi connectivity index (χ3v) is 10.1. The van der Waals surface area contributed by atoms with Gasteiger partial charge in [-0.1, -0.05) is 0 Å². The molecule has 3 aromatic heterocycles. The Morgan fingerprint density at radius 3 is 0.631 bits per heavy atom. The molecule has 2 aliphatic heterocycles. The van der Waals surface area contributed by atoms with Crippen LogP contribution in [0.4, 0.5) is 0 Å². The minimum absolute atomic E-state index is 0. The summed E-state index contributed by atoms with van der Waals surface area (Å²) in [5, 5.41) is 79.3. The minimum atomic E-state index is -1.69. The Kier molecular flexibility index (Phi) is 9.71. The molecule has 0 unspecified atom stereocenters. The van der Waals surface area contributed by atoms with E-state index < -0.39 is 138 Å². The van der Waals surface area contributed by atoms with Crippen LogP contribution in [0.5, 0.6) is 0 Å². The van der Waals surface area contributed by atoms with Crippen molar-refractivity contribution >= 4 is 91.9 Å². The standard InChI is InChI=1S/C40H18N8O16.Zn/c49-33(50)17-1-9-10(2-18(17)34(51)52)26-41-25(9)45-27-11-3-19(35(53)54)20(36(55)56)4-12(11)29(42-27)47-31-15-7-23(39(61)62)24(40(63)64)8-16(15)32(44-31)48-30-14-6-22(38(59)60)21(37(57)58)5-13(14)28(43-30)46-26;/h1-8H,(H10,41,42,43,44,45,46,47,48,49,50,51,52,53,54,55,56,57,58,59,60,61,62,63,64);/q;+2/p-2. The molecule has 0 saturated carbocycles. The second-order valence-corrected chi connectivity index (χ2v) is 13.7. The van der Waals surface area contributed by atoms with Crippen molar-refractivity contribution in [3.63, 3.8) is 0 Å². The first-order valence-electron chi connectivity index (χ1n) is 17.6. The van der Waals surface area contributed by atoms with E-state index in [1.807, 2.05) is 0 Å². The van der Waals surface area contributed by atoms with Gasteiger partial charge in [-0.2, -0.15) is 0 Å². The molecule has 2 aliphatic rings. The molecule has 7 aromatic rings. The van der Waals surface area contributed by atoms with E-state index in [-0.39, 0.29) is 63.3 Å². The van der Waals surface area contributed by atoms with E-state index in [1.54, 1.807) is 0 Å². The summed E-state index contributed by atoms with van der Waals surface area (Å²) in [6, 6.07) is 7.28. The number of hydrogen-bond acceptors (Lipinski definition) is 14. The van der Waals surface area contributed by atoms with Crippen LogP contribution in [0.25, 0.3) is 89.7 Å². The van der Waals surface area contributed by atoms with Crippen molar-refractivity contribution < 1.29 is 98.7 Å². The van der Waals surface area contributed by atoms with Crippen LogP contribution in [-0.2, 0) is 19.5 Å². The number of aromatic nitrogens is 8. The topological polar surface area (TPSA) is 404 Å². The molecule has 4 aromatic carbocycles. The molecular formula is C40H16N8O16Zn. The van der Waals surface area contributed by atoms with Gasteiger partial charge in [0.2, 0.25) is 0 Å². The predicted molar refractivity (Wildman–Crippen MR) is 210 cm³/mol. The maximum absolute atomic E-state index is 12.3. The van der Waals surface area contributed by atoms with Gasteiger partial charge in [-0.05, 0) is 70.1 Å². The number of benzene rings is 4. The van der Waals surface area contributed by atoms with E-state index in [4.69, 9.17) is 0 Å². The first kappa shape index (κ1) is 42.3. The first-order valence-corrected chi connectivity index (χ1v) is 17.6. The van der Waals surface area contributed by atoms with Crippen molar-refractivity contribution in [1.29, 1.82) is 0 Å². The molecule has 0 radical (unpaired) electrons. The third-order valence-electron chi connectivity index (χ3n) is 10.1. The number of hydrogen-bond donors (Lipinski definition) is 8. The van der Waals surface area contributed by atoms with Gasteiger partial charge in [0.15, 0.2) is 0 Å². The molecule has 8 bridgehead atoms. The molecule has 0 saturated heterocycles. The molecule has 25 heteroatoms. The first-order chi connectivity index (χ1) is 30.3. The molecule has 8 N–H and O–H groups in total. The zero-order valence-electron chi connectivity index (χ0n) is 31.7. The monoisotopic (exact) mass is 928 g/mol. The average Bonchev–Trinajstić information content (AvgIpc) is 3.96. The number of rotatable bonds is 8. The summed E-state index contributed by atoms with van der Waals surface area (Å²) in [5.74, 6) is -15.2. The Labute approximate surface area is 368 Å². The normalized spacial score (nSPS) is 11.3. The molecule has 5 heterocycles. The van der Waals surface area contributed by atoms with Gasteiger partial charge in [0, 0.05) is 44.8 Å². The second-order valence-electron chi connectivity index (χ2n) is 13.7. The molecular weight excluding hydrogens is 914 g/mol. The summed E-state index contributed by atoms with van der Waals surface area (Å²) in [6.45, 7) is 0. The Morgan fingerprint density at radius 1 is 0.292 bits per heavy atom. The maximum atomic E-state index is 12.3. The molecule has 314 valence electrons. The van der Waals surface area contributed by atoms with E-state index >= 15 is 0 Å². The van der Waals surface area contributed by atoms with E-state index in [0.717, 1.165) is 48.5 Å². The average molecular weight is 930 g/mol. The summed E-state index contributed by atoms with van der Waals surface area (Å²) >= 11 is 0. The number of carboxylic acids is 8. The van der Waals surface area contributed by atoms with Gasteiger partial charge >= 0.3 is 67.2 Å². The fourth-order valence-corrected chi connectivity index (χ4v) is 7.26. The zero-order valence-corrected chi connectivity index (χ0v) is 34.7. The van der Waals surface area contributed by atoms with Crippen LogP contribution in [0.3, 0.4) is 0 Å². The van der Waals surface area contributed by atoms with Crippen LogP contribution in [0.15, 0.2) is 48.5 Å². The fraction of sp³-hybridized carbons (Fsp3) is 0. The van der Waals surface area contributed by atoms with Gasteiger partial charge in [0.1, 0.15) is 0 Å². The molecule has 0 amide bonds. The van der Waals surface area contributed by atoms with Crippen molar-refractivity contribution in [3.05, 3.63) is 93.0 Å². The molecule has 24 nitrogen and oxygen atoms in total. The molecule has 0 aliphatic carbocycles. The fourth-order valence-electron chi connectivity index (χ4n) is 7.26. The number of carboxylic acid groups (broad SMARTS) is 8. The number of nitrogens with zero attached hydrogens (tertiary/aromatic N) is 8. The summed E-state index contributed by atoms with van der Waals surface area (Å²) in [7, 11) is 0. The van der Waals surface area contributed by atoms with E-state index in [0.29, 0.717) is 0 Å². The molecule has 65 heavy (non-hydrogen) atoms. The van der Waals surface area contributed by atoms with Gasteiger partial charge in [-0.3, -0.25) is 0 Å². The van der Waals surface area contributed by atoms with Crippen LogP contribution in [0.2, 0.25) is 0 Å². The van der Waals surface area contributed by atoms with E-state index in [1.165, 1.54) is 0 Å². The van der Waals surface area contributed by atoms with Gasteiger partial charge in [0.25, 0.3) is 0 Å². The molecule has 0 spiro atoms. The SMILES string of the molecule is O=C(O)c1cc2c(cc1C(=O)O)-c1nc-2nc2[n-]c(nc3nc(nc4[n-]c(n1)c1cc(C(=O)O)c(C(=O)O)cc41)-c1cc(C(=O)O)c(C(=O)O)cc1-3)c1cc(C(=O)O)c(C(=O)O)cc21.[Zn+2]. The van der Waals surface area contributed by atoms with Crippen molar-refractivity contribution in [2.24, 2.45) is 0 Å². The Balaban J connectivity index is 0.00000576. The van der Waals surface area contributed by atoms with E-state index in [2.05, 4.69) is 39.9 Å². The largest absolute Gasteiger partial charge is 2.00 e. The Morgan fingerprint density at radius 2 is 0.462 bits per heavy atom. The van der Waals surface area contributed by atoms with E-state index in [9.17, 15) is 79.2 Å². The van der Waals surface area contributed by atoms with Gasteiger partial charge < -0.3 is 70.8 Å². The molecule has 0 fully saturated rings. The zero-order chi connectivity index (χ0) is 45.8. The van der Waals surface area contributed by atoms with Crippen LogP contribution in [0.1, 0.15) is 82.9 Å². The number of fused-ring (bicyclic) bond motifs is 20. The maximum Gasteiger partial charge on any atom is 2.00 e. The van der Waals surface area contributed by atoms with Crippen molar-refractivity contribution in [2.75, 3.05) is 0 Å².